The fourth-order valence-electron chi connectivity index (χ4n) is 2.21. The van der Waals surface area contributed by atoms with E-state index in [2.05, 4.69) is 22.9 Å². The van der Waals surface area contributed by atoms with Gasteiger partial charge in [0.1, 0.15) is 5.75 Å². The smallest absolute Gasteiger partial charge is 0.122 e. The number of methoxy groups -OCH3 is 1. The summed E-state index contributed by atoms with van der Waals surface area (Å²) in [7, 11) is 3.85. The van der Waals surface area contributed by atoms with Gasteiger partial charge in [0.05, 0.1) is 7.11 Å². The molecule has 0 atom stereocenters. The Balaban J connectivity index is 2.17. The maximum Gasteiger partial charge on any atom is 0.122 e. The van der Waals surface area contributed by atoms with Crippen LogP contribution in [-0.2, 0) is 0 Å². The van der Waals surface area contributed by atoms with Gasteiger partial charge in [-0.3, -0.25) is 0 Å². The molecule has 0 radical (unpaired) electrons. The molecule has 0 unspecified atom stereocenters. The van der Waals surface area contributed by atoms with Gasteiger partial charge in [-0.1, -0.05) is 0 Å². The summed E-state index contributed by atoms with van der Waals surface area (Å²) in [5, 5.41) is 0. The minimum absolute atomic E-state index is 0.761. The molecule has 1 aromatic carbocycles. The van der Waals surface area contributed by atoms with Crippen molar-refractivity contribution in [3.05, 3.63) is 18.2 Å². The molecule has 0 spiro atoms. The zero-order valence-corrected chi connectivity index (χ0v) is 10.6. The van der Waals surface area contributed by atoms with Gasteiger partial charge in [0.15, 0.2) is 0 Å². The van der Waals surface area contributed by atoms with Crippen LogP contribution in [0.3, 0.4) is 0 Å². The molecule has 0 aromatic heterocycles. The van der Waals surface area contributed by atoms with Crippen LogP contribution in [0.1, 0.15) is 6.42 Å². The minimum atomic E-state index is 0.761. The van der Waals surface area contributed by atoms with E-state index < -0.39 is 0 Å². The van der Waals surface area contributed by atoms with Crippen LogP contribution in [0.2, 0.25) is 0 Å². The quantitative estimate of drug-likeness (QED) is 0.787. The zero-order chi connectivity index (χ0) is 12.3. The highest BCUT2D eigenvalue weighted by atomic mass is 16.5. The second-order valence-corrected chi connectivity index (χ2v) is 4.61. The van der Waals surface area contributed by atoms with Crippen LogP contribution < -0.4 is 15.4 Å². The molecule has 1 aliphatic rings. The average Bonchev–Trinajstić information content (AvgIpc) is 2.53. The first kappa shape index (κ1) is 12.0. The minimum Gasteiger partial charge on any atom is -0.497 e. The lowest BCUT2D eigenvalue weighted by Gasteiger charge is -2.23. The molecule has 2 N–H and O–H groups in total. The van der Waals surface area contributed by atoms with Crippen molar-refractivity contribution in [1.29, 1.82) is 0 Å². The second kappa shape index (κ2) is 5.27. The van der Waals surface area contributed by atoms with E-state index in [1.165, 1.54) is 6.42 Å². The molecule has 1 saturated heterocycles. The molecule has 17 heavy (non-hydrogen) atoms. The fraction of sp³-hybridized carbons (Fsp3) is 0.538. The lowest BCUT2D eigenvalue weighted by molar-refractivity contribution is 0.360. The van der Waals surface area contributed by atoms with Gasteiger partial charge in [0.2, 0.25) is 0 Å². The van der Waals surface area contributed by atoms with Gasteiger partial charge in [0.25, 0.3) is 0 Å². The molecule has 2 rings (SSSR count). The Labute approximate surface area is 103 Å². The molecular formula is C13H21N3O. The maximum absolute atomic E-state index is 5.89. The van der Waals surface area contributed by atoms with Crippen LogP contribution in [0.4, 0.5) is 11.4 Å². The lowest BCUT2D eigenvalue weighted by Crippen LogP contribution is -2.28. The lowest BCUT2D eigenvalue weighted by atomic mass is 10.2. The Bertz CT molecular complexity index is 381. The third kappa shape index (κ3) is 3.03. The Morgan fingerprint density at radius 2 is 1.94 bits per heavy atom. The van der Waals surface area contributed by atoms with Gasteiger partial charge in [-0.15, -0.1) is 0 Å². The monoisotopic (exact) mass is 235 g/mol. The van der Waals surface area contributed by atoms with Crippen LogP contribution in [0.5, 0.6) is 5.75 Å². The third-order valence-corrected chi connectivity index (χ3v) is 3.23. The van der Waals surface area contributed by atoms with Crippen molar-refractivity contribution in [1.82, 2.24) is 4.90 Å². The zero-order valence-electron chi connectivity index (χ0n) is 10.6. The first-order chi connectivity index (χ1) is 8.19. The van der Waals surface area contributed by atoms with Gasteiger partial charge in [-0.2, -0.15) is 0 Å². The highest BCUT2D eigenvalue weighted by molar-refractivity contribution is 5.60. The molecule has 0 bridgehead atoms. The predicted octanol–water partition coefficient (Wildman–Crippen LogP) is 1.42. The van der Waals surface area contributed by atoms with E-state index in [0.29, 0.717) is 0 Å². The van der Waals surface area contributed by atoms with Crippen LogP contribution in [0.15, 0.2) is 18.2 Å². The van der Waals surface area contributed by atoms with E-state index in [-0.39, 0.29) is 0 Å². The molecule has 0 saturated carbocycles. The number of hydrogen-bond acceptors (Lipinski definition) is 4. The largest absolute Gasteiger partial charge is 0.497 e. The van der Waals surface area contributed by atoms with Crippen molar-refractivity contribution < 1.29 is 4.74 Å². The third-order valence-electron chi connectivity index (χ3n) is 3.23. The first-order valence-electron chi connectivity index (χ1n) is 6.07. The van der Waals surface area contributed by atoms with E-state index in [1.54, 1.807) is 7.11 Å². The number of nitrogens with zero attached hydrogens (tertiary/aromatic N) is 2. The molecule has 1 aromatic rings. The second-order valence-electron chi connectivity index (χ2n) is 4.61. The van der Waals surface area contributed by atoms with Crippen molar-refractivity contribution in [3.63, 3.8) is 0 Å². The molecule has 4 heteroatoms. The Morgan fingerprint density at radius 3 is 2.71 bits per heavy atom. The highest BCUT2D eigenvalue weighted by Crippen LogP contribution is 2.26. The molecular weight excluding hydrogens is 214 g/mol. The molecule has 94 valence electrons. The average molecular weight is 235 g/mol. The SMILES string of the molecule is COc1cc(N)cc(N2CCCN(C)CC2)c1. The molecule has 1 heterocycles. The summed E-state index contributed by atoms with van der Waals surface area (Å²) in [4.78, 5) is 4.74. The standard InChI is InChI=1S/C13H21N3O/c1-15-4-3-5-16(7-6-15)12-8-11(14)9-13(10-12)17-2/h8-10H,3-7,14H2,1-2H3. The molecule has 1 aliphatic heterocycles. The van der Waals surface area contributed by atoms with Crippen molar-refractivity contribution in [2.45, 2.75) is 6.42 Å². The number of benzene rings is 1. The molecule has 4 nitrogen and oxygen atoms in total. The van der Waals surface area contributed by atoms with Crippen LogP contribution in [0, 0.1) is 0 Å². The van der Waals surface area contributed by atoms with E-state index in [0.717, 1.165) is 43.3 Å². The van der Waals surface area contributed by atoms with E-state index >= 15 is 0 Å². The Morgan fingerprint density at radius 1 is 1.12 bits per heavy atom. The number of likely N-dealkylation sites (N-methyl/N-ethyl adjacent to an activating group) is 1. The summed E-state index contributed by atoms with van der Waals surface area (Å²) < 4.78 is 5.26. The number of rotatable bonds is 2. The number of nitrogen functional groups attached to an aromatic ring is 1. The number of ether oxygens (including phenoxy) is 1. The maximum atomic E-state index is 5.89. The van der Waals surface area contributed by atoms with Gasteiger partial charge in [-0.05, 0) is 26.1 Å². The number of hydrogen-bond donors (Lipinski definition) is 1. The number of anilines is 2. The summed E-state index contributed by atoms with van der Waals surface area (Å²) in [6, 6.07) is 5.93. The molecule has 1 fully saturated rings. The summed E-state index contributed by atoms with van der Waals surface area (Å²) >= 11 is 0. The Hall–Kier alpha value is -1.42. The summed E-state index contributed by atoms with van der Waals surface area (Å²) in [5.41, 5.74) is 7.82. The van der Waals surface area contributed by atoms with E-state index in [4.69, 9.17) is 10.5 Å². The Kier molecular flexibility index (Phi) is 3.74. The summed E-state index contributed by atoms with van der Waals surface area (Å²) in [6.45, 7) is 4.38. The van der Waals surface area contributed by atoms with Gasteiger partial charge in [-0.25, -0.2) is 0 Å². The molecule has 0 amide bonds. The highest BCUT2D eigenvalue weighted by Gasteiger charge is 2.13. The van der Waals surface area contributed by atoms with Gasteiger partial charge in [0, 0.05) is 43.1 Å². The predicted molar refractivity (Wildman–Crippen MR) is 71.7 cm³/mol. The van der Waals surface area contributed by atoms with Gasteiger partial charge >= 0.3 is 0 Å². The van der Waals surface area contributed by atoms with Crippen LogP contribution >= 0.6 is 0 Å². The first-order valence-corrected chi connectivity index (χ1v) is 6.07. The fourth-order valence-corrected chi connectivity index (χ4v) is 2.21. The van der Waals surface area contributed by atoms with Crippen LogP contribution in [-0.4, -0.2) is 45.2 Å². The van der Waals surface area contributed by atoms with Crippen molar-refractivity contribution in [2.75, 3.05) is 51.0 Å². The summed E-state index contributed by atoms with van der Waals surface area (Å²) in [6.07, 6.45) is 1.19. The molecule has 0 aliphatic carbocycles. The van der Waals surface area contributed by atoms with Crippen LogP contribution in [0.25, 0.3) is 0 Å². The van der Waals surface area contributed by atoms with E-state index in [1.807, 2.05) is 12.1 Å². The van der Waals surface area contributed by atoms with Gasteiger partial charge < -0.3 is 20.3 Å². The van der Waals surface area contributed by atoms with E-state index in [9.17, 15) is 0 Å². The normalized spacial score (nSPS) is 17.9. The number of nitrogens with two attached hydrogens (primary N) is 1. The van der Waals surface area contributed by atoms with Crippen molar-refractivity contribution in [2.24, 2.45) is 0 Å². The van der Waals surface area contributed by atoms with Crippen molar-refractivity contribution in [3.8, 4) is 5.75 Å². The topological polar surface area (TPSA) is 41.7 Å². The van der Waals surface area contributed by atoms with Crippen molar-refractivity contribution >= 4 is 11.4 Å². The summed E-state index contributed by atoms with van der Waals surface area (Å²) in [5.74, 6) is 0.831.